The predicted octanol–water partition coefficient (Wildman–Crippen LogP) is 12.5. The Labute approximate surface area is 256 Å². The maximum absolute atomic E-state index is 4.28. The molecule has 3 heteroatoms. The SMILES string of the molecule is C=Cc1c(/C=C\C)sc2c(N(c3ccc(CC4=CC=CCC4)cc3)c3ccccc3C)cc3sc4ccccc4c3c12. The van der Waals surface area contributed by atoms with Gasteiger partial charge in [-0.15, -0.1) is 22.7 Å². The number of aryl methyl sites for hydroxylation is 1. The van der Waals surface area contributed by atoms with Crippen LogP contribution in [0.3, 0.4) is 0 Å². The molecule has 0 saturated carbocycles. The Bertz CT molecular complexity index is 2050. The van der Waals surface area contributed by atoms with Crippen LogP contribution in [0.5, 0.6) is 0 Å². The average molecular weight is 580 g/mol. The minimum Gasteiger partial charge on any atom is -0.309 e. The summed E-state index contributed by atoms with van der Waals surface area (Å²) in [5.41, 5.74) is 8.93. The molecule has 0 radical (unpaired) electrons. The number of anilines is 3. The van der Waals surface area contributed by atoms with Crippen LogP contribution in [0, 0.1) is 6.92 Å². The fourth-order valence-corrected chi connectivity index (χ4v) is 8.63. The molecule has 0 unspecified atom stereocenters. The highest BCUT2D eigenvalue weighted by Crippen LogP contribution is 2.51. The first kappa shape index (κ1) is 26.7. The lowest BCUT2D eigenvalue weighted by molar-refractivity contribution is 0.911. The van der Waals surface area contributed by atoms with Gasteiger partial charge in [0.2, 0.25) is 0 Å². The lowest BCUT2D eigenvalue weighted by Gasteiger charge is -2.28. The Morgan fingerprint density at radius 2 is 1.69 bits per heavy atom. The van der Waals surface area contributed by atoms with Gasteiger partial charge in [-0.1, -0.05) is 91.1 Å². The summed E-state index contributed by atoms with van der Waals surface area (Å²) in [4.78, 5) is 3.72. The maximum Gasteiger partial charge on any atom is 0.0655 e. The summed E-state index contributed by atoms with van der Waals surface area (Å²) in [6.45, 7) is 8.59. The van der Waals surface area contributed by atoms with E-state index in [0.29, 0.717) is 0 Å². The van der Waals surface area contributed by atoms with E-state index < -0.39 is 0 Å². The first-order chi connectivity index (χ1) is 20.7. The normalized spacial score (nSPS) is 13.4. The number of rotatable bonds is 7. The Kier molecular flexibility index (Phi) is 7.15. The average Bonchev–Trinajstić information content (AvgIpc) is 3.57. The van der Waals surface area contributed by atoms with Crippen LogP contribution < -0.4 is 4.90 Å². The van der Waals surface area contributed by atoms with Crippen LogP contribution in [0.4, 0.5) is 17.1 Å². The van der Waals surface area contributed by atoms with Gasteiger partial charge in [-0.05, 0) is 80.6 Å². The van der Waals surface area contributed by atoms with Crippen molar-refractivity contribution in [3.8, 4) is 0 Å². The van der Waals surface area contributed by atoms with Gasteiger partial charge in [0.05, 0.1) is 10.4 Å². The van der Waals surface area contributed by atoms with Crippen molar-refractivity contribution in [3.05, 3.63) is 137 Å². The van der Waals surface area contributed by atoms with Crippen molar-refractivity contribution in [2.24, 2.45) is 0 Å². The van der Waals surface area contributed by atoms with E-state index in [0.717, 1.165) is 19.3 Å². The summed E-state index contributed by atoms with van der Waals surface area (Å²) in [6, 6.07) is 29.2. The highest BCUT2D eigenvalue weighted by atomic mass is 32.1. The Morgan fingerprint density at radius 1 is 0.881 bits per heavy atom. The molecule has 1 aliphatic carbocycles. The van der Waals surface area contributed by atoms with Crippen molar-refractivity contribution in [1.29, 1.82) is 0 Å². The summed E-state index contributed by atoms with van der Waals surface area (Å²) >= 11 is 3.75. The molecule has 0 fully saturated rings. The monoisotopic (exact) mass is 579 g/mol. The van der Waals surface area contributed by atoms with Crippen molar-refractivity contribution in [2.75, 3.05) is 4.90 Å². The molecule has 0 N–H and O–H groups in total. The number of fused-ring (bicyclic) bond motifs is 5. The second-order valence-corrected chi connectivity index (χ2v) is 13.0. The van der Waals surface area contributed by atoms with Gasteiger partial charge in [-0.25, -0.2) is 0 Å². The highest BCUT2D eigenvalue weighted by Gasteiger charge is 2.24. The van der Waals surface area contributed by atoms with E-state index in [9.17, 15) is 0 Å². The van der Waals surface area contributed by atoms with E-state index in [4.69, 9.17) is 0 Å². The van der Waals surface area contributed by atoms with E-state index in [-0.39, 0.29) is 0 Å². The molecule has 6 aromatic rings. The van der Waals surface area contributed by atoms with Gasteiger partial charge in [0.15, 0.2) is 0 Å². The summed E-state index contributed by atoms with van der Waals surface area (Å²) in [7, 11) is 0. The minimum atomic E-state index is 1.01. The van der Waals surface area contributed by atoms with Gasteiger partial charge in [0.25, 0.3) is 0 Å². The van der Waals surface area contributed by atoms with Crippen molar-refractivity contribution in [1.82, 2.24) is 0 Å². The smallest absolute Gasteiger partial charge is 0.0655 e. The molecular weight excluding hydrogens is 547 g/mol. The van der Waals surface area contributed by atoms with Crippen molar-refractivity contribution in [3.63, 3.8) is 0 Å². The second-order valence-electron chi connectivity index (χ2n) is 10.9. The fraction of sp³-hybridized carbons (Fsp3) is 0.128. The highest BCUT2D eigenvalue weighted by molar-refractivity contribution is 7.26. The van der Waals surface area contributed by atoms with Crippen LogP contribution in [0.2, 0.25) is 0 Å². The van der Waals surface area contributed by atoms with Crippen LogP contribution in [0.15, 0.2) is 115 Å². The molecular formula is C39H33NS2. The zero-order valence-corrected chi connectivity index (χ0v) is 25.7. The lowest BCUT2D eigenvalue weighted by Crippen LogP contribution is -2.11. The zero-order chi connectivity index (χ0) is 28.6. The van der Waals surface area contributed by atoms with E-state index in [2.05, 4.69) is 135 Å². The number of thiophene rings is 2. The van der Waals surface area contributed by atoms with Gasteiger partial charge in [-0.3, -0.25) is 0 Å². The maximum atomic E-state index is 4.28. The van der Waals surface area contributed by atoms with Gasteiger partial charge in [-0.2, -0.15) is 0 Å². The van der Waals surface area contributed by atoms with Crippen LogP contribution in [0.25, 0.3) is 42.4 Å². The molecule has 0 atom stereocenters. The van der Waals surface area contributed by atoms with Crippen LogP contribution in [-0.4, -0.2) is 0 Å². The number of benzene rings is 4. The molecule has 0 aliphatic heterocycles. The number of hydrogen-bond acceptors (Lipinski definition) is 3. The molecule has 1 nitrogen and oxygen atoms in total. The van der Waals surface area contributed by atoms with Crippen molar-refractivity contribution >= 4 is 82.1 Å². The van der Waals surface area contributed by atoms with Gasteiger partial charge in [0, 0.05) is 47.4 Å². The van der Waals surface area contributed by atoms with Crippen LogP contribution in [-0.2, 0) is 6.42 Å². The van der Waals surface area contributed by atoms with E-state index in [1.807, 2.05) is 28.7 Å². The lowest BCUT2D eigenvalue weighted by atomic mass is 9.97. The third-order valence-electron chi connectivity index (χ3n) is 8.19. The molecule has 0 spiro atoms. The van der Waals surface area contributed by atoms with Gasteiger partial charge >= 0.3 is 0 Å². The molecule has 7 rings (SSSR count). The summed E-state index contributed by atoms with van der Waals surface area (Å²) in [5, 5.41) is 3.97. The van der Waals surface area contributed by atoms with Crippen molar-refractivity contribution in [2.45, 2.75) is 33.1 Å². The molecule has 2 heterocycles. The summed E-state index contributed by atoms with van der Waals surface area (Å²) in [5.74, 6) is 0. The van der Waals surface area contributed by atoms with Gasteiger partial charge in [0.1, 0.15) is 0 Å². The molecule has 4 aromatic carbocycles. The van der Waals surface area contributed by atoms with E-state index >= 15 is 0 Å². The number of hydrogen-bond donors (Lipinski definition) is 0. The van der Waals surface area contributed by atoms with E-state index in [1.54, 1.807) is 0 Å². The Morgan fingerprint density at radius 3 is 2.45 bits per heavy atom. The topological polar surface area (TPSA) is 3.24 Å². The minimum absolute atomic E-state index is 1.01. The summed E-state index contributed by atoms with van der Waals surface area (Å²) in [6.07, 6.45) is 16.4. The third kappa shape index (κ3) is 4.63. The molecule has 0 saturated heterocycles. The standard InChI is InChI=1S/C39H33NS2/c1-4-13-34-30(5-2)38-37-31-17-10-12-19-35(31)41-36(37)25-33(39(38)42-34)40(32-18-11-9-14-26(32)3)29-22-20-28(21-23-29)24-27-15-7-6-8-16-27/h4-7,9-15,17-23,25H,2,8,16,24H2,1,3H3/b13-4-. The van der Waals surface area contributed by atoms with Crippen LogP contribution >= 0.6 is 22.7 Å². The van der Waals surface area contributed by atoms with Gasteiger partial charge < -0.3 is 4.90 Å². The van der Waals surface area contributed by atoms with E-state index in [1.165, 1.54) is 74.5 Å². The zero-order valence-electron chi connectivity index (χ0n) is 24.1. The molecule has 2 aromatic heterocycles. The molecule has 1 aliphatic rings. The fourth-order valence-electron chi connectivity index (χ4n) is 6.19. The molecule has 0 bridgehead atoms. The van der Waals surface area contributed by atoms with Crippen molar-refractivity contribution < 1.29 is 0 Å². The summed E-state index contributed by atoms with van der Waals surface area (Å²) < 4.78 is 3.91. The number of para-hydroxylation sites is 1. The number of allylic oxidation sites excluding steroid dienone is 5. The van der Waals surface area contributed by atoms with Crippen LogP contribution in [0.1, 0.15) is 41.3 Å². The predicted molar refractivity (Wildman–Crippen MR) is 189 cm³/mol. The molecule has 0 amide bonds. The number of nitrogens with zero attached hydrogens (tertiary/aromatic N) is 1. The molecule has 206 valence electrons. The quantitative estimate of drug-likeness (QED) is 0.182. The first-order valence-electron chi connectivity index (χ1n) is 14.6. The largest absolute Gasteiger partial charge is 0.309 e. The Hall–Kier alpha value is -4.18. The molecule has 42 heavy (non-hydrogen) atoms. The second kappa shape index (κ2) is 11.2. The first-order valence-corrected chi connectivity index (χ1v) is 16.2. The third-order valence-corrected chi connectivity index (χ3v) is 10.5. The Balaban J connectivity index is 1.49.